The maximum Gasteiger partial charge on any atom is 0.200 e. The summed E-state index contributed by atoms with van der Waals surface area (Å²) in [5, 5.41) is 18.7. The van der Waals surface area contributed by atoms with E-state index < -0.39 is 17.1 Å². The number of pyridine rings is 2. The Kier molecular flexibility index (Phi) is 7.61. The van der Waals surface area contributed by atoms with Crippen LogP contribution in [0.5, 0.6) is 23.0 Å². The zero-order valence-electron chi connectivity index (χ0n) is 22.4. The van der Waals surface area contributed by atoms with Crippen LogP contribution in [0.3, 0.4) is 0 Å². The number of aromatic hydroxyl groups is 2. The number of aromatic nitrogens is 2. The Balaban J connectivity index is 0.000000169. The van der Waals surface area contributed by atoms with Crippen LogP contribution in [0.4, 0.5) is 8.78 Å². The third-order valence-electron chi connectivity index (χ3n) is 6.71. The molecule has 4 aromatic carbocycles. The van der Waals surface area contributed by atoms with Gasteiger partial charge in [-0.1, -0.05) is 24.3 Å². The molecule has 2 aromatic heterocycles. The quantitative estimate of drug-likeness (QED) is 0.203. The molecule has 42 heavy (non-hydrogen) atoms. The molecule has 0 atom stereocenters. The van der Waals surface area contributed by atoms with Crippen LogP contribution in [0, 0.1) is 11.6 Å². The van der Waals surface area contributed by atoms with Gasteiger partial charge in [0.1, 0.15) is 34.6 Å². The number of hydrogen-bond acceptors (Lipinski definition) is 6. The monoisotopic (exact) mass is 570 g/mol. The lowest BCUT2D eigenvalue weighted by atomic mass is 10.0. The topological polar surface area (TPSA) is 125 Å². The molecule has 0 aliphatic rings. The van der Waals surface area contributed by atoms with Crippen LogP contribution in [0.15, 0.2) is 94.8 Å². The third-order valence-corrected chi connectivity index (χ3v) is 6.71. The van der Waals surface area contributed by atoms with E-state index >= 15 is 0 Å². The first kappa shape index (κ1) is 27.9. The van der Waals surface area contributed by atoms with Crippen LogP contribution < -0.4 is 20.3 Å². The van der Waals surface area contributed by atoms with Crippen molar-refractivity contribution in [3.63, 3.8) is 0 Å². The molecule has 0 amide bonds. The smallest absolute Gasteiger partial charge is 0.200 e. The second-order valence-corrected chi connectivity index (χ2v) is 9.15. The summed E-state index contributed by atoms with van der Waals surface area (Å²) in [6.07, 6.45) is 2.98. The van der Waals surface area contributed by atoms with Crippen molar-refractivity contribution in [2.45, 2.75) is 0 Å². The number of rotatable bonds is 4. The molecule has 212 valence electrons. The molecule has 0 unspecified atom stereocenters. The molecule has 0 fully saturated rings. The molecule has 4 N–H and O–H groups in total. The van der Waals surface area contributed by atoms with Crippen molar-refractivity contribution in [2.24, 2.45) is 0 Å². The SMILES string of the molecule is COc1ccc(-c2c[nH]c3c(OC)ccc(F)c3c2=O)cc1.O=c1c(-c2ccc(O)cc2)c[nH]c2c(O)ccc(F)c12. The lowest BCUT2D eigenvalue weighted by Crippen LogP contribution is -2.09. The van der Waals surface area contributed by atoms with Crippen LogP contribution in [-0.4, -0.2) is 34.4 Å². The number of ether oxygens (including phenoxy) is 2. The molecule has 0 aliphatic heterocycles. The Labute approximate surface area is 237 Å². The van der Waals surface area contributed by atoms with Gasteiger partial charge in [0.2, 0.25) is 0 Å². The molecule has 0 saturated carbocycles. The fourth-order valence-electron chi connectivity index (χ4n) is 4.56. The molecule has 0 aliphatic carbocycles. The van der Waals surface area contributed by atoms with Crippen LogP contribution in [0.2, 0.25) is 0 Å². The Morgan fingerprint density at radius 1 is 0.619 bits per heavy atom. The summed E-state index contributed by atoms with van der Waals surface area (Å²) in [5.41, 5.74) is 1.42. The van der Waals surface area contributed by atoms with Crippen molar-refractivity contribution in [2.75, 3.05) is 14.2 Å². The minimum absolute atomic E-state index is 0.00679. The Morgan fingerprint density at radius 3 is 1.67 bits per heavy atom. The number of H-pyrrole nitrogens is 2. The van der Waals surface area contributed by atoms with Crippen molar-refractivity contribution >= 4 is 21.8 Å². The summed E-state index contributed by atoms with van der Waals surface area (Å²) in [5.74, 6) is -0.263. The van der Waals surface area contributed by atoms with Crippen molar-refractivity contribution in [1.29, 1.82) is 0 Å². The number of methoxy groups -OCH3 is 2. The number of phenolic OH excluding ortho intramolecular Hbond substituents is 2. The van der Waals surface area contributed by atoms with Crippen molar-refractivity contribution in [1.82, 2.24) is 9.97 Å². The van der Waals surface area contributed by atoms with E-state index in [2.05, 4.69) is 9.97 Å². The average Bonchev–Trinajstić information content (AvgIpc) is 3.00. The van der Waals surface area contributed by atoms with Crippen molar-refractivity contribution in [3.05, 3.63) is 117 Å². The van der Waals surface area contributed by atoms with E-state index in [9.17, 15) is 28.6 Å². The average molecular weight is 571 g/mol. The van der Waals surface area contributed by atoms with E-state index in [4.69, 9.17) is 9.47 Å². The summed E-state index contributed by atoms with van der Waals surface area (Å²) < 4.78 is 38.2. The fourth-order valence-corrected chi connectivity index (χ4v) is 4.56. The summed E-state index contributed by atoms with van der Waals surface area (Å²) in [7, 11) is 3.04. The Morgan fingerprint density at radius 2 is 1.12 bits per heavy atom. The second kappa shape index (κ2) is 11.5. The van der Waals surface area contributed by atoms with E-state index in [1.54, 1.807) is 49.7 Å². The zero-order chi connectivity index (χ0) is 30.0. The number of benzene rings is 4. The predicted octanol–water partition coefficient (Wildman–Crippen LogP) is 6.10. The van der Waals surface area contributed by atoms with Crippen molar-refractivity contribution in [3.8, 4) is 45.3 Å². The van der Waals surface area contributed by atoms with Gasteiger partial charge >= 0.3 is 0 Å². The summed E-state index contributed by atoms with van der Waals surface area (Å²) in [6, 6.07) is 18.0. The summed E-state index contributed by atoms with van der Waals surface area (Å²) in [6.45, 7) is 0. The summed E-state index contributed by atoms with van der Waals surface area (Å²) >= 11 is 0. The molecular formula is C32H24F2N2O6. The maximum absolute atomic E-state index is 14.1. The van der Waals surface area contributed by atoms with Crippen LogP contribution >= 0.6 is 0 Å². The highest BCUT2D eigenvalue weighted by molar-refractivity contribution is 5.89. The number of phenols is 2. The van der Waals surface area contributed by atoms with Crippen LogP contribution in [0.1, 0.15) is 0 Å². The molecule has 6 rings (SSSR count). The Hall–Kier alpha value is -5.64. The number of halogens is 2. The van der Waals surface area contributed by atoms with E-state index in [0.717, 1.165) is 6.07 Å². The standard InChI is InChI=1S/C17H14FNO3.C15H10FNO3/c1-21-11-5-3-10(4-6-11)12-9-19-16-14(22-2)8-7-13(18)15(16)17(12)20;16-11-5-6-12(19)14-13(11)15(20)10(7-17-14)8-1-3-9(18)4-2-8/h3-9H,1-2H3,(H,19,20);1-7,18-19H,(H,17,20). The molecule has 10 heteroatoms. The number of nitrogens with one attached hydrogen (secondary N) is 2. The van der Waals surface area contributed by atoms with Gasteiger partial charge in [0.15, 0.2) is 10.9 Å². The normalized spacial score (nSPS) is 10.8. The van der Waals surface area contributed by atoms with Gasteiger partial charge in [0.25, 0.3) is 0 Å². The molecule has 2 heterocycles. The van der Waals surface area contributed by atoms with E-state index in [-0.39, 0.29) is 38.8 Å². The molecular weight excluding hydrogens is 546 g/mol. The van der Waals surface area contributed by atoms with Gasteiger partial charge in [0, 0.05) is 23.5 Å². The first-order chi connectivity index (χ1) is 20.2. The van der Waals surface area contributed by atoms with Gasteiger partial charge in [-0.2, -0.15) is 0 Å². The molecule has 0 saturated heterocycles. The lowest BCUT2D eigenvalue weighted by Gasteiger charge is -2.08. The second-order valence-electron chi connectivity index (χ2n) is 9.15. The molecule has 6 aromatic rings. The van der Waals surface area contributed by atoms with Crippen molar-refractivity contribution < 1.29 is 28.5 Å². The molecule has 0 bridgehead atoms. The van der Waals surface area contributed by atoms with Gasteiger partial charge in [0.05, 0.1) is 36.0 Å². The molecule has 0 spiro atoms. The lowest BCUT2D eigenvalue weighted by molar-refractivity contribution is 0.415. The zero-order valence-corrected chi connectivity index (χ0v) is 22.4. The van der Waals surface area contributed by atoms with E-state index in [0.29, 0.717) is 33.7 Å². The van der Waals surface area contributed by atoms with Gasteiger partial charge in [-0.05, 0) is 59.7 Å². The molecule has 8 nitrogen and oxygen atoms in total. The van der Waals surface area contributed by atoms with Gasteiger partial charge in [-0.15, -0.1) is 0 Å². The molecule has 0 radical (unpaired) electrons. The van der Waals surface area contributed by atoms with Crippen LogP contribution in [-0.2, 0) is 0 Å². The number of hydrogen-bond donors (Lipinski definition) is 4. The van der Waals surface area contributed by atoms with E-state index in [1.807, 2.05) is 0 Å². The number of aromatic amines is 2. The van der Waals surface area contributed by atoms with Gasteiger partial charge in [-0.25, -0.2) is 8.78 Å². The Bertz CT molecular complexity index is 2040. The highest BCUT2D eigenvalue weighted by atomic mass is 19.1. The maximum atomic E-state index is 14.1. The first-order valence-corrected chi connectivity index (χ1v) is 12.6. The van der Waals surface area contributed by atoms with Crippen LogP contribution in [0.25, 0.3) is 44.1 Å². The summed E-state index contributed by atoms with van der Waals surface area (Å²) in [4.78, 5) is 30.7. The van der Waals surface area contributed by atoms with E-state index in [1.165, 1.54) is 43.6 Å². The van der Waals surface area contributed by atoms with Gasteiger partial charge < -0.3 is 29.7 Å². The minimum Gasteiger partial charge on any atom is -0.508 e. The minimum atomic E-state index is -0.695. The predicted molar refractivity (Wildman–Crippen MR) is 156 cm³/mol. The third kappa shape index (κ3) is 5.13. The van der Waals surface area contributed by atoms with Gasteiger partial charge in [-0.3, -0.25) is 9.59 Å². The fraction of sp³-hybridized carbons (Fsp3) is 0.0625. The largest absolute Gasteiger partial charge is 0.508 e. The first-order valence-electron chi connectivity index (χ1n) is 12.6. The highest BCUT2D eigenvalue weighted by Gasteiger charge is 2.15. The number of fused-ring (bicyclic) bond motifs is 2. The highest BCUT2D eigenvalue weighted by Crippen LogP contribution is 2.28.